The van der Waals surface area contributed by atoms with Crippen molar-refractivity contribution < 1.29 is 19.4 Å². The number of amides is 1. The largest absolute Gasteiger partial charge is 0.494 e. The molecule has 0 aromatic heterocycles. The molecule has 1 amide bonds. The fourth-order valence-corrected chi connectivity index (χ4v) is 3.57. The molecule has 0 unspecified atom stereocenters. The minimum absolute atomic E-state index is 0.263. The first-order chi connectivity index (χ1) is 12.8. The molecule has 1 heterocycles. The number of hydrogen-bond acceptors (Lipinski definition) is 4. The normalized spacial score (nSPS) is 18.5. The molecule has 0 bridgehead atoms. The highest BCUT2D eigenvalue weighted by Gasteiger charge is 2.50. The summed E-state index contributed by atoms with van der Waals surface area (Å²) >= 11 is 6.04. The third-order valence-electron chi connectivity index (χ3n) is 4.58. The Balaban J connectivity index is 1.72. The molecule has 5 nitrogen and oxygen atoms in total. The first-order valence-corrected chi connectivity index (χ1v) is 9.22. The molecule has 0 spiro atoms. The first-order valence-electron chi connectivity index (χ1n) is 8.84. The Bertz CT molecular complexity index is 882. The van der Waals surface area contributed by atoms with E-state index in [0.717, 1.165) is 11.3 Å². The number of ketones is 1. The van der Waals surface area contributed by atoms with Crippen LogP contribution < -0.4 is 9.64 Å². The SMILES string of the molecule is CC(=O)C[C@@]1(O)C(=O)N(CCCOc2cccc(C)c2)c2ccc(Cl)cc21. The minimum atomic E-state index is -1.86. The summed E-state index contributed by atoms with van der Waals surface area (Å²) in [4.78, 5) is 26.0. The fraction of sp³-hybridized carbons (Fsp3) is 0.333. The van der Waals surface area contributed by atoms with Crippen LogP contribution in [0.25, 0.3) is 0 Å². The summed E-state index contributed by atoms with van der Waals surface area (Å²) in [7, 11) is 0. The number of aliphatic hydroxyl groups is 1. The van der Waals surface area contributed by atoms with E-state index in [1.54, 1.807) is 18.2 Å². The number of benzene rings is 2. The molecule has 2 aromatic carbocycles. The molecule has 6 heteroatoms. The fourth-order valence-electron chi connectivity index (χ4n) is 3.39. The summed E-state index contributed by atoms with van der Waals surface area (Å²) < 4.78 is 5.73. The van der Waals surface area contributed by atoms with Crippen molar-refractivity contribution in [3.05, 3.63) is 58.6 Å². The molecule has 1 N–H and O–H groups in total. The predicted octanol–water partition coefficient (Wildman–Crippen LogP) is 3.63. The van der Waals surface area contributed by atoms with Gasteiger partial charge in [0.15, 0.2) is 5.60 Å². The summed E-state index contributed by atoms with van der Waals surface area (Å²) in [6.45, 7) is 4.16. The highest BCUT2D eigenvalue weighted by atomic mass is 35.5. The lowest BCUT2D eigenvalue weighted by Crippen LogP contribution is -2.42. The van der Waals surface area contributed by atoms with Crippen molar-refractivity contribution in [2.75, 3.05) is 18.1 Å². The van der Waals surface area contributed by atoms with Gasteiger partial charge in [0.1, 0.15) is 11.5 Å². The molecule has 0 fully saturated rings. The van der Waals surface area contributed by atoms with Gasteiger partial charge in [-0.05, 0) is 56.2 Å². The summed E-state index contributed by atoms with van der Waals surface area (Å²) in [6.07, 6.45) is 0.313. The van der Waals surface area contributed by atoms with Crippen molar-refractivity contribution in [3.8, 4) is 5.75 Å². The van der Waals surface area contributed by atoms with Gasteiger partial charge in [-0.2, -0.15) is 0 Å². The van der Waals surface area contributed by atoms with Gasteiger partial charge >= 0.3 is 0 Å². The van der Waals surface area contributed by atoms with E-state index in [-0.39, 0.29) is 12.2 Å². The molecule has 0 saturated heterocycles. The molecule has 0 radical (unpaired) electrons. The molecule has 3 rings (SSSR count). The Morgan fingerprint density at radius 2 is 2.04 bits per heavy atom. The zero-order valence-corrected chi connectivity index (χ0v) is 16.1. The summed E-state index contributed by atoms with van der Waals surface area (Å²) in [6, 6.07) is 12.7. The zero-order chi connectivity index (χ0) is 19.6. The van der Waals surface area contributed by atoms with Crippen molar-refractivity contribution in [1.82, 2.24) is 0 Å². The number of aryl methyl sites for hydroxylation is 1. The van der Waals surface area contributed by atoms with Crippen molar-refractivity contribution in [3.63, 3.8) is 0 Å². The number of hydrogen-bond donors (Lipinski definition) is 1. The van der Waals surface area contributed by atoms with Gasteiger partial charge in [0, 0.05) is 23.6 Å². The van der Waals surface area contributed by atoms with Crippen LogP contribution in [-0.4, -0.2) is 29.9 Å². The topological polar surface area (TPSA) is 66.8 Å². The number of halogens is 1. The molecule has 1 aliphatic rings. The smallest absolute Gasteiger partial charge is 0.264 e. The quantitative estimate of drug-likeness (QED) is 0.737. The van der Waals surface area contributed by atoms with E-state index in [1.165, 1.54) is 11.8 Å². The Morgan fingerprint density at radius 3 is 2.74 bits per heavy atom. The monoisotopic (exact) mass is 387 g/mol. The van der Waals surface area contributed by atoms with Crippen molar-refractivity contribution in [1.29, 1.82) is 0 Å². The Kier molecular flexibility index (Phi) is 5.53. The van der Waals surface area contributed by atoms with E-state index >= 15 is 0 Å². The van der Waals surface area contributed by atoms with Crippen LogP contribution in [0.2, 0.25) is 5.02 Å². The second-order valence-corrected chi connectivity index (χ2v) is 7.31. The van der Waals surface area contributed by atoms with Gasteiger partial charge in [0.25, 0.3) is 5.91 Å². The molecule has 2 aromatic rings. The van der Waals surface area contributed by atoms with Crippen LogP contribution in [0.5, 0.6) is 5.75 Å². The molecular weight excluding hydrogens is 366 g/mol. The number of carbonyl (C=O) groups is 2. The van der Waals surface area contributed by atoms with E-state index in [9.17, 15) is 14.7 Å². The van der Waals surface area contributed by atoms with Crippen molar-refractivity contribution in [2.24, 2.45) is 0 Å². The van der Waals surface area contributed by atoms with E-state index in [2.05, 4.69) is 0 Å². The first kappa shape index (κ1) is 19.4. The Morgan fingerprint density at radius 1 is 1.26 bits per heavy atom. The van der Waals surface area contributed by atoms with Crippen LogP contribution in [0.1, 0.15) is 30.9 Å². The summed E-state index contributed by atoms with van der Waals surface area (Å²) in [5, 5.41) is 11.4. The van der Waals surface area contributed by atoms with Crippen LogP contribution in [0.15, 0.2) is 42.5 Å². The molecular formula is C21H22ClNO4. The lowest BCUT2D eigenvalue weighted by Gasteiger charge is -2.22. The molecule has 0 aliphatic carbocycles. The van der Waals surface area contributed by atoms with Crippen molar-refractivity contribution >= 4 is 29.0 Å². The van der Waals surface area contributed by atoms with Gasteiger partial charge in [-0.1, -0.05) is 23.7 Å². The number of rotatable bonds is 7. The third-order valence-corrected chi connectivity index (χ3v) is 4.82. The third kappa shape index (κ3) is 3.99. The zero-order valence-electron chi connectivity index (χ0n) is 15.4. The van der Waals surface area contributed by atoms with E-state index in [0.29, 0.717) is 35.8 Å². The number of carbonyl (C=O) groups excluding carboxylic acids is 2. The number of anilines is 1. The molecule has 1 aliphatic heterocycles. The van der Waals surface area contributed by atoms with E-state index in [4.69, 9.17) is 16.3 Å². The van der Waals surface area contributed by atoms with Gasteiger partial charge in [-0.3, -0.25) is 9.59 Å². The highest BCUT2D eigenvalue weighted by Crippen LogP contribution is 2.43. The predicted molar refractivity (Wildman–Crippen MR) is 104 cm³/mol. The van der Waals surface area contributed by atoms with E-state index < -0.39 is 11.5 Å². The maximum atomic E-state index is 12.9. The molecule has 27 heavy (non-hydrogen) atoms. The maximum absolute atomic E-state index is 12.9. The lowest BCUT2D eigenvalue weighted by atomic mass is 9.90. The second-order valence-electron chi connectivity index (χ2n) is 6.88. The van der Waals surface area contributed by atoms with Gasteiger partial charge in [0.2, 0.25) is 0 Å². The van der Waals surface area contributed by atoms with Gasteiger partial charge in [-0.25, -0.2) is 0 Å². The number of nitrogens with zero attached hydrogens (tertiary/aromatic N) is 1. The Hall–Kier alpha value is -2.37. The van der Waals surface area contributed by atoms with Crippen LogP contribution in [0.4, 0.5) is 5.69 Å². The van der Waals surface area contributed by atoms with Crippen LogP contribution in [-0.2, 0) is 15.2 Å². The van der Waals surface area contributed by atoms with Crippen molar-refractivity contribution in [2.45, 2.75) is 32.3 Å². The highest BCUT2D eigenvalue weighted by molar-refractivity contribution is 6.31. The standard InChI is InChI=1S/C21H22ClNO4/c1-14-5-3-6-17(11-14)27-10-4-9-23-19-8-7-16(22)12-18(19)21(26,20(23)25)13-15(2)24/h3,5-8,11-12,26H,4,9-10,13H2,1-2H3/t21-/m0/s1. The van der Waals surface area contributed by atoms with Gasteiger partial charge in [-0.15, -0.1) is 0 Å². The number of Topliss-reactive ketones (excluding diaryl/α,β-unsaturated/α-hetero) is 1. The lowest BCUT2D eigenvalue weighted by molar-refractivity contribution is -0.141. The van der Waals surface area contributed by atoms with Gasteiger partial charge < -0.3 is 14.7 Å². The molecule has 1 atom stereocenters. The molecule has 0 saturated carbocycles. The molecule has 142 valence electrons. The Labute approximate surface area is 163 Å². The maximum Gasteiger partial charge on any atom is 0.264 e. The average Bonchev–Trinajstić information content (AvgIpc) is 2.79. The van der Waals surface area contributed by atoms with E-state index in [1.807, 2.05) is 31.2 Å². The van der Waals surface area contributed by atoms with Gasteiger partial charge in [0.05, 0.1) is 12.3 Å². The van der Waals surface area contributed by atoms with Crippen LogP contribution in [0, 0.1) is 6.92 Å². The number of fused-ring (bicyclic) bond motifs is 1. The van der Waals surface area contributed by atoms with Crippen LogP contribution >= 0.6 is 11.6 Å². The average molecular weight is 388 g/mol. The second kappa shape index (κ2) is 7.71. The number of ether oxygens (including phenoxy) is 1. The van der Waals surface area contributed by atoms with Crippen LogP contribution in [0.3, 0.4) is 0 Å². The summed E-state index contributed by atoms with van der Waals surface area (Å²) in [5.74, 6) is 0.0231. The minimum Gasteiger partial charge on any atom is -0.494 e. The summed E-state index contributed by atoms with van der Waals surface area (Å²) in [5.41, 5.74) is 0.226.